The Morgan fingerprint density at radius 3 is 2.11 bits per heavy atom. The van der Waals surface area contributed by atoms with E-state index >= 15 is 0 Å². The first-order valence-electron chi connectivity index (χ1n) is 3.49. The molecule has 1 unspecified atom stereocenters. The number of rotatable bonds is 4. The molecule has 0 rings (SSSR count). The molecular weight excluding hydrogens is 114 g/mol. The van der Waals surface area contributed by atoms with Gasteiger partial charge in [-0.1, -0.05) is 19.0 Å². The van der Waals surface area contributed by atoms with Gasteiger partial charge >= 0.3 is 0 Å². The Morgan fingerprint density at radius 1 is 1.22 bits per heavy atom. The van der Waals surface area contributed by atoms with E-state index < -0.39 is 0 Å². The second-order valence-electron chi connectivity index (χ2n) is 2.93. The highest BCUT2D eigenvalue weighted by atomic mass is 16.3. The maximum Gasteiger partial charge on any atom is 0.0891 e. The molecule has 0 aromatic heterocycles. The molecular formula is C7H15NO. The third-order valence-electron chi connectivity index (χ3n) is 1.34. The van der Waals surface area contributed by atoms with E-state index in [0.717, 1.165) is 12.8 Å². The van der Waals surface area contributed by atoms with Crippen molar-refractivity contribution in [3.05, 3.63) is 4.91 Å². The van der Waals surface area contributed by atoms with Crippen molar-refractivity contribution in [2.45, 2.75) is 39.7 Å². The van der Waals surface area contributed by atoms with Gasteiger partial charge in [-0.3, -0.25) is 0 Å². The normalized spacial score (nSPS) is 13.8. The summed E-state index contributed by atoms with van der Waals surface area (Å²) in [7, 11) is 0. The summed E-state index contributed by atoms with van der Waals surface area (Å²) in [6.45, 7) is 6.16. The van der Waals surface area contributed by atoms with Crippen LogP contribution >= 0.6 is 0 Å². The summed E-state index contributed by atoms with van der Waals surface area (Å²) < 4.78 is 0. The summed E-state index contributed by atoms with van der Waals surface area (Å²) in [5.41, 5.74) is 0. The Hall–Kier alpha value is -0.400. The molecule has 0 amide bonds. The third-order valence-corrected chi connectivity index (χ3v) is 1.34. The second-order valence-corrected chi connectivity index (χ2v) is 2.93. The largest absolute Gasteiger partial charge is 0.151 e. The van der Waals surface area contributed by atoms with Crippen LogP contribution in [-0.4, -0.2) is 6.04 Å². The molecule has 0 fully saturated rings. The van der Waals surface area contributed by atoms with Crippen LogP contribution < -0.4 is 0 Å². The van der Waals surface area contributed by atoms with E-state index in [1.165, 1.54) is 0 Å². The van der Waals surface area contributed by atoms with Crippen LogP contribution in [0.1, 0.15) is 33.6 Å². The molecule has 0 aromatic carbocycles. The van der Waals surface area contributed by atoms with Crippen LogP contribution in [0, 0.1) is 10.8 Å². The molecule has 2 nitrogen and oxygen atoms in total. The topological polar surface area (TPSA) is 29.4 Å². The highest BCUT2D eigenvalue weighted by molar-refractivity contribution is 4.58. The van der Waals surface area contributed by atoms with Gasteiger partial charge in [-0.15, -0.1) is 0 Å². The van der Waals surface area contributed by atoms with E-state index in [9.17, 15) is 4.91 Å². The van der Waals surface area contributed by atoms with Gasteiger partial charge in [0.25, 0.3) is 0 Å². The van der Waals surface area contributed by atoms with Crippen LogP contribution in [-0.2, 0) is 0 Å². The van der Waals surface area contributed by atoms with Gasteiger partial charge in [0, 0.05) is 0 Å². The number of hydrogen-bond donors (Lipinski definition) is 0. The molecule has 9 heavy (non-hydrogen) atoms. The number of nitrogens with zero attached hydrogens (tertiary/aromatic N) is 1. The van der Waals surface area contributed by atoms with Crippen LogP contribution in [0.25, 0.3) is 0 Å². The monoisotopic (exact) mass is 129 g/mol. The fraction of sp³-hybridized carbons (Fsp3) is 1.00. The molecule has 0 saturated carbocycles. The van der Waals surface area contributed by atoms with Gasteiger partial charge in [0.2, 0.25) is 0 Å². The Kier molecular flexibility index (Phi) is 4.28. The lowest BCUT2D eigenvalue weighted by Crippen LogP contribution is -1.98. The maximum absolute atomic E-state index is 9.87. The summed E-state index contributed by atoms with van der Waals surface area (Å²) in [6, 6.07) is 0.00685. The molecule has 0 aromatic rings. The Bertz CT molecular complexity index is 81.0. The second kappa shape index (κ2) is 4.48. The first-order valence-corrected chi connectivity index (χ1v) is 3.49. The standard InChI is InChI=1S/C7H15NO/c1-6(2)4-5-7(3)8-9/h6-7H,4-5H2,1-3H3. The lowest BCUT2D eigenvalue weighted by atomic mass is 10.1. The van der Waals surface area contributed by atoms with Gasteiger partial charge in [-0.25, -0.2) is 0 Å². The van der Waals surface area contributed by atoms with Gasteiger partial charge < -0.3 is 0 Å². The average Bonchev–Trinajstić information content (AvgIpc) is 1.83. The minimum atomic E-state index is 0.00685. The van der Waals surface area contributed by atoms with Crippen molar-refractivity contribution in [3.63, 3.8) is 0 Å². The molecule has 2 heteroatoms. The number of nitroso groups, excluding NO2 is 1. The van der Waals surface area contributed by atoms with Crippen LogP contribution in [0.3, 0.4) is 0 Å². The Morgan fingerprint density at radius 2 is 1.78 bits per heavy atom. The lowest BCUT2D eigenvalue weighted by molar-refractivity contribution is 0.514. The van der Waals surface area contributed by atoms with Gasteiger partial charge in [0.15, 0.2) is 0 Å². The molecule has 0 spiro atoms. The zero-order valence-corrected chi connectivity index (χ0v) is 6.42. The molecule has 0 radical (unpaired) electrons. The lowest BCUT2D eigenvalue weighted by Gasteiger charge is -2.03. The highest BCUT2D eigenvalue weighted by Gasteiger charge is 2.01. The van der Waals surface area contributed by atoms with Crippen LogP contribution in [0.5, 0.6) is 0 Å². The highest BCUT2D eigenvalue weighted by Crippen LogP contribution is 2.07. The molecule has 0 N–H and O–H groups in total. The van der Waals surface area contributed by atoms with E-state index in [0.29, 0.717) is 5.92 Å². The predicted molar refractivity (Wildman–Crippen MR) is 39.3 cm³/mol. The molecule has 0 aliphatic heterocycles. The summed E-state index contributed by atoms with van der Waals surface area (Å²) in [5.74, 6) is 0.689. The first-order chi connectivity index (χ1) is 4.16. The molecule has 0 aliphatic rings. The van der Waals surface area contributed by atoms with E-state index in [4.69, 9.17) is 0 Å². The molecule has 0 heterocycles. The fourth-order valence-corrected chi connectivity index (χ4v) is 0.627. The van der Waals surface area contributed by atoms with Crippen LogP contribution in [0.2, 0.25) is 0 Å². The smallest absolute Gasteiger partial charge is 0.0891 e. The summed E-state index contributed by atoms with van der Waals surface area (Å²) in [6.07, 6.45) is 2.04. The van der Waals surface area contributed by atoms with E-state index in [-0.39, 0.29) is 6.04 Å². The van der Waals surface area contributed by atoms with Crippen molar-refractivity contribution in [3.8, 4) is 0 Å². The minimum absolute atomic E-state index is 0.00685. The van der Waals surface area contributed by atoms with Crippen molar-refractivity contribution >= 4 is 0 Å². The Balaban J connectivity index is 3.16. The first kappa shape index (κ1) is 8.60. The van der Waals surface area contributed by atoms with E-state index in [1.807, 2.05) is 6.92 Å². The van der Waals surface area contributed by atoms with Crippen LogP contribution in [0.15, 0.2) is 5.18 Å². The quantitative estimate of drug-likeness (QED) is 0.536. The minimum Gasteiger partial charge on any atom is -0.151 e. The summed E-state index contributed by atoms with van der Waals surface area (Å²) in [4.78, 5) is 9.87. The average molecular weight is 129 g/mol. The van der Waals surface area contributed by atoms with Gasteiger partial charge in [0.1, 0.15) is 0 Å². The molecule has 54 valence electrons. The van der Waals surface area contributed by atoms with Gasteiger partial charge in [0.05, 0.1) is 6.04 Å². The molecule has 0 saturated heterocycles. The van der Waals surface area contributed by atoms with Crippen molar-refractivity contribution in [1.29, 1.82) is 0 Å². The molecule has 1 atom stereocenters. The summed E-state index contributed by atoms with van der Waals surface area (Å²) in [5, 5.41) is 2.91. The summed E-state index contributed by atoms with van der Waals surface area (Å²) >= 11 is 0. The van der Waals surface area contributed by atoms with Crippen LogP contribution in [0.4, 0.5) is 0 Å². The van der Waals surface area contributed by atoms with Crippen molar-refractivity contribution in [2.75, 3.05) is 0 Å². The molecule has 0 aliphatic carbocycles. The van der Waals surface area contributed by atoms with Crippen molar-refractivity contribution in [1.82, 2.24) is 0 Å². The third kappa shape index (κ3) is 5.47. The van der Waals surface area contributed by atoms with Crippen molar-refractivity contribution < 1.29 is 0 Å². The van der Waals surface area contributed by atoms with Gasteiger partial charge in [-0.2, -0.15) is 4.91 Å². The predicted octanol–water partition coefficient (Wildman–Crippen LogP) is 2.58. The fourth-order valence-electron chi connectivity index (χ4n) is 0.627. The molecule has 0 bridgehead atoms. The van der Waals surface area contributed by atoms with E-state index in [1.54, 1.807) is 0 Å². The van der Waals surface area contributed by atoms with E-state index in [2.05, 4.69) is 19.0 Å². The van der Waals surface area contributed by atoms with Crippen molar-refractivity contribution in [2.24, 2.45) is 11.1 Å². The zero-order chi connectivity index (χ0) is 7.28. The maximum atomic E-state index is 9.87. The van der Waals surface area contributed by atoms with Gasteiger partial charge in [-0.05, 0) is 25.7 Å². The SMILES string of the molecule is CC(C)CCC(C)N=O. The number of hydrogen-bond acceptors (Lipinski definition) is 2. The zero-order valence-electron chi connectivity index (χ0n) is 6.42. The Labute approximate surface area is 56.6 Å².